The lowest BCUT2D eigenvalue weighted by Gasteiger charge is -2.17. The second-order valence-corrected chi connectivity index (χ2v) is 4.29. The van der Waals surface area contributed by atoms with Gasteiger partial charge in [-0.2, -0.15) is 0 Å². The topological polar surface area (TPSA) is 84.9 Å². The van der Waals surface area contributed by atoms with Crippen molar-refractivity contribution in [2.45, 2.75) is 44.6 Å². The third-order valence-corrected chi connectivity index (χ3v) is 3.20. The Morgan fingerprint density at radius 3 is 2.87 bits per heavy atom. The Kier molecular flexibility index (Phi) is 3.20. The van der Waals surface area contributed by atoms with Crippen LogP contribution in [0.2, 0.25) is 0 Å². The molecule has 0 spiro atoms. The van der Waals surface area contributed by atoms with Gasteiger partial charge < -0.3 is 5.73 Å². The average molecular weight is 211 g/mol. The fraction of sp³-hybridized carbons (Fsp3) is 0.800. The minimum Gasteiger partial charge on any atom is -0.327 e. The van der Waals surface area contributed by atoms with Crippen LogP contribution >= 0.6 is 0 Å². The van der Waals surface area contributed by atoms with Crippen LogP contribution in [0.15, 0.2) is 9.32 Å². The third-order valence-electron chi connectivity index (χ3n) is 3.20. The van der Waals surface area contributed by atoms with Crippen LogP contribution in [0.4, 0.5) is 0 Å². The van der Waals surface area contributed by atoms with Crippen LogP contribution in [0.5, 0.6) is 0 Å². The van der Waals surface area contributed by atoms with E-state index in [2.05, 4.69) is 14.7 Å². The molecule has 1 aromatic rings. The summed E-state index contributed by atoms with van der Waals surface area (Å²) in [5, 5.41) is 3.62. The van der Waals surface area contributed by atoms with E-state index in [-0.39, 0.29) is 6.04 Å². The van der Waals surface area contributed by atoms with Crippen LogP contribution in [-0.2, 0) is 6.42 Å². The van der Waals surface area contributed by atoms with Crippen molar-refractivity contribution >= 4 is 0 Å². The number of H-pyrrole nitrogens is 1. The first-order valence-electron chi connectivity index (χ1n) is 5.56. The molecule has 84 valence electrons. The molecule has 1 aliphatic carbocycles. The molecule has 0 aliphatic heterocycles. The van der Waals surface area contributed by atoms with Gasteiger partial charge in [0, 0.05) is 12.5 Å². The summed E-state index contributed by atoms with van der Waals surface area (Å²) in [5.74, 6) is 0.775. The van der Waals surface area contributed by atoms with Gasteiger partial charge in [0.25, 0.3) is 0 Å². The van der Waals surface area contributed by atoms with E-state index in [1.165, 1.54) is 25.7 Å². The second-order valence-electron chi connectivity index (χ2n) is 4.29. The lowest BCUT2D eigenvalue weighted by molar-refractivity contribution is 0.374. The summed E-state index contributed by atoms with van der Waals surface area (Å²) in [6, 6.07) is 0.229. The number of aromatic nitrogens is 2. The van der Waals surface area contributed by atoms with Crippen molar-refractivity contribution in [1.29, 1.82) is 0 Å². The van der Waals surface area contributed by atoms with Crippen LogP contribution in [0.3, 0.4) is 0 Å². The highest BCUT2D eigenvalue weighted by atomic mass is 16.5. The molecule has 2 rings (SSSR count). The second kappa shape index (κ2) is 4.61. The minimum atomic E-state index is -0.487. The average Bonchev–Trinajstić information content (AvgIpc) is 2.84. The molecule has 1 aliphatic rings. The van der Waals surface area contributed by atoms with Crippen LogP contribution < -0.4 is 11.5 Å². The molecule has 1 unspecified atom stereocenters. The summed E-state index contributed by atoms with van der Waals surface area (Å²) in [6.45, 7) is 0. The number of rotatable bonds is 4. The Bertz CT molecular complexity index is 352. The van der Waals surface area contributed by atoms with Gasteiger partial charge in [-0.25, -0.2) is 4.79 Å². The standard InChI is InChI=1S/C10H17N3O2/c11-8(7-3-1-2-4-7)5-6-9-12-10(14)15-13-9/h7-8H,1-6,11H2,(H,12,13,14). The quantitative estimate of drug-likeness (QED) is 0.771. The highest BCUT2D eigenvalue weighted by molar-refractivity contribution is 4.84. The number of hydrogen-bond acceptors (Lipinski definition) is 4. The highest BCUT2D eigenvalue weighted by Gasteiger charge is 2.21. The van der Waals surface area contributed by atoms with Gasteiger partial charge in [0.15, 0.2) is 5.82 Å². The monoisotopic (exact) mass is 211 g/mol. The predicted molar refractivity (Wildman–Crippen MR) is 55.4 cm³/mol. The maximum absolute atomic E-state index is 10.7. The largest absolute Gasteiger partial charge is 0.438 e. The number of hydrogen-bond donors (Lipinski definition) is 2. The van der Waals surface area contributed by atoms with Crippen molar-refractivity contribution in [1.82, 2.24) is 10.1 Å². The summed E-state index contributed by atoms with van der Waals surface area (Å²) in [7, 11) is 0. The molecule has 5 heteroatoms. The summed E-state index contributed by atoms with van der Waals surface area (Å²) >= 11 is 0. The summed E-state index contributed by atoms with van der Waals surface area (Å²) < 4.78 is 4.42. The SMILES string of the molecule is NC(CCc1noc(=O)[nH]1)C1CCCC1. The van der Waals surface area contributed by atoms with Gasteiger partial charge in [0.2, 0.25) is 0 Å². The van der Waals surface area contributed by atoms with Crippen molar-refractivity contribution in [3.8, 4) is 0 Å². The molecule has 0 amide bonds. The lowest BCUT2D eigenvalue weighted by Crippen LogP contribution is -2.29. The first-order valence-corrected chi connectivity index (χ1v) is 5.56. The van der Waals surface area contributed by atoms with E-state index in [1.807, 2.05) is 0 Å². The van der Waals surface area contributed by atoms with E-state index < -0.39 is 5.76 Å². The maximum atomic E-state index is 10.7. The molecular weight excluding hydrogens is 194 g/mol. The zero-order chi connectivity index (χ0) is 10.7. The molecule has 1 aromatic heterocycles. The van der Waals surface area contributed by atoms with Gasteiger partial charge in [-0.1, -0.05) is 18.0 Å². The van der Waals surface area contributed by atoms with Crippen molar-refractivity contribution in [2.75, 3.05) is 0 Å². The fourth-order valence-electron chi connectivity index (χ4n) is 2.29. The van der Waals surface area contributed by atoms with Crippen LogP contribution in [0.25, 0.3) is 0 Å². The Morgan fingerprint density at radius 1 is 1.53 bits per heavy atom. The van der Waals surface area contributed by atoms with Crippen LogP contribution in [0.1, 0.15) is 37.9 Å². The van der Waals surface area contributed by atoms with Gasteiger partial charge in [0.05, 0.1) is 0 Å². The molecule has 0 radical (unpaired) electrons. The van der Waals surface area contributed by atoms with Crippen molar-refractivity contribution < 1.29 is 4.52 Å². The van der Waals surface area contributed by atoms with E-state index in [0.717, 1.165) is 6.42 Å². The minimum absolute atomic E-state index is 0.229. The van der Waals surface area contributed by atoms with Crippen LogP contribution in [0, 0.1) is 5.92 Å². The van der Waals surface area contributed by atoms with Crippen molar-refractivity contribution in [3.05, 3.63) is 16.4 Å². The number of nitrogens with two attached hydrogens (primary N) is 1. The lowest BCUT2D eigenvalue weighted by atomic mass is 9.95. The Hall–Kier alpha value is -1.10. The normalized spacial score (nSPS) is 19.5. The molecule has 0 aromatic carbocycles. The maximum Gasteiger partial charge on any atom is 0.438 e. The summed E-state index contributed by atoms with van der Waals surface area (Å²) in [4.78, 5) is 13.2. The molecule has 0 saturated heterocycles. The van der Waals surface area contributed by atoms with Gasteiger partial charge in [-0.05, 0) is 25.2 Å². The first-order chi connectivity index (χ1) is 7.25. The van der Waals surface area contributed by atoms with Crippen molar-refractivity contribution in [2.24, 2.45) is 11.7 Å². The van der Waals surface area contributed by atoms with Crippen molar-refractivity contribution in [3.63, 3.8) is 0 Å². The molecule has 1 heterocycles. The number of nitrogens with one attached hydrogen (secondary N) is 1. The Labute approximate surface area is 88.0 Å². The smallest absolute Gasteiger partial charge is 0.327 e. The van der Waals surface area contributed by atoms with Gasteiger partial charge in [-0.15, -0.1) is 0 Å². The van der Waals surface area contributed by atoms with E-state index in [9.17, 15) is 4.79 Å². The number of aryl methyl sites for hydroxylation is 1. The molecule has 1 saturated carbocycles. The Balaban J connectivity index is 1.79. The molecule has 5 nitrogen and oxygen atoms in total. The summed E-state index contributed by atoms with van der Waals surface area (Å²) in [6.07, 6.45) is 6.67. The van der Waals surface area contributed by atoms with E-state index in [4.69, 9.17) is 5.73 Å². The number of aromatic amines is 1. The van der Waals surface area contributed by atoms with Gasteiger partial charge in [0.1, 0.15) is 0 Å². The zero-order valence-electron chi connectivity index (χ0n) is 8.74. The molecule has 1 atom stereocenters. The van der Waals surface area contributed by atoms with Gasteiger partial charge >= 0.3 is 5.76 Å². The number of nitrogens with zero attached hydrogens (tertiary/aromatic N) is 1. The fourth-order valence-corrected chi connectivity index (χ4v) is 2.29. The summed E-state index contributed by atoms with van der Waals surface area (Å²) in [5.41, 5.74) is 6.08. The molecule has 15 heavy (non-hydrogen) atoms. The molecule has 0 bridgehead atoms. The van der Waals surface area contributed by atoms with E-state index >= 15 is 0 Å². The predicted octanol–water partition coefficient (Wildman–Crippen LogP) is 0.813. The molecule has 3 N–H and O–H groups in total. The first kappa shape index (κ1) is 10.4. The van der Waals surface area contributed by atoms with Gasteiger partial charge in [-0.3, -0.25) is 9.51 Å². The zero-order valence-corrected chi connectivity index (χ0v) is 8.74. The molecule has 1 fully saturated rings. The third kappa shape index (κ3) is 2.68. The van der Waals surface area contributed by atoms with Crippen LogP contribution in [-0.4, -0.2) is 16.2 Å². The molecular formula is C10H17N3O2. The Morgan fingerprint density at radius 2 is 2.27 bits per heavy atom. The van der Waals surface area contributed by atoms with E-state index in [0.29, 0.717) is 18.2 Å². The highest BCUT2D eigenvalue weighted by Crippen LogP contribution is 2.28. The van der Waals surface area contributed by atoms with E-state index in [1.54, 1.807) is 0 Å².